The summed E-state index contributed by atoms with van der Waals surface area (Å²) < 4.78 is 0. The zero-order chi connectivity index (χ0) is 9.97. The molecule has 1 fully saturated rings. The van der Waals surface area contributed by atoms with E-state index in [1.807, 2.05) is 12.1 Å². The van der Waals surface area contributed by atoms with Gasteiger partial charge in [0.1, 0.15) is 0 Å². The lowest BCUT2D eigenvalue weighted by Gasteiger charge is -2.26. The second-order valence-corrected chi connectivity index (χ2v) is 4.60. The first-order valence-electron chi connectivity index (χ1n) is 5.27. The fourth-order valence-electron chi connectivity index (χ4n) is 2.19. The average molecular weight is 246 g/mol. The predicted octanol–water partition coefficient (Wildman–Crippen LogP) is 3.75. The molecule has 0 spiro atoms. The molecule has 0 aromatic heterocycles. The van der Waals surface area contributed by atoms with Crippen molar-refractivity contribution in [1.82, 2.24) is 0 Å². The molecule has 0 heterocycles. The zero-order valence-corrected chi connectivity index (χ0v) is 10.2. The highest BCUT2D eigenvalue weighted by Crippen LogP contribution is 2.32. The van der Waals surface area contributed by atoms with Crippen LogP contribution in [0.4, 0.5) is 0 Å². The van der Waals surface area contributed by atoms with Crippen LogP contribution in [0.3, 0.4) is 0 Å². The lowest BCUT2D eigenvalue weighted by Crippen LogP contribution is -2.25. The number of hydrogen-bond donors (Lipinski definition) is 1. The molecule has 1 saturated carbocycles. The third kappa shape index (κ3) is 3.37. The summed E-state index contributed by atoms with van der Waals surface area (Å²) in [5.74, 6) is 0.701. The molecule has 0 atom stereocenters. The number of rotatable bonds is 1. The Bertz CT molecular complexity index is 289. The maximum absolute atomic E-state index is 5.88. The number of hydrogen-bond acceptors (Lipinski definition) is 1. The highest BCUT2D eigenvalue weighted by Gasteiger charge is 2.19. The van der Waals surface area contributed by atoms with Crippen molar-refractivity contribution in [1.29, 1.82) is 0 Å². The topological polar surface area (TPSA) is 26.0 Å². The van der Waals surface area contributed by atoms with Gasteiger partial charge in [-0.15, -0.1) is 12.4 Å². The summed E-state index contributed by atoms with van der Waals surface area (Å²) in [5, 5.41) is 0.821. The van der Waals surface area contributed by atoms with Crippen molar-refractivity contribution in [2.24, 2.45) is 5.73 Å². The van der Waals surface area contributed by atoms with Gasteiger partial charge in [-0.3, -0.25) is 0 Å². The average Bonchev–Trinajstić information content (AvgIpc) is 2.21. The van der Waals surface area contributed by atoms with Gasteiger partial charge < -0.3 is 5.73 Å². The van der Waals surface area contributed by atoms with Crippen LogP contribution in [0.1, 0.15) is 37.2 Å². The van der Waals surface area contributed by atoms with Crippen molar-refractivity contribution in [2.45, 2.75) is 37.6 Å². The maximum atomic E-state index is 5.88. The summed E-state index contributed by atoms with van der Waals surface area (Å²) in [6, 6.07) is 8.67. The van der Waals surface area contributed by atoms with Gasteiger partial charge in [0, 0.05) is 11.1 Å². The molecule has 1 aliphatic rings. The van der Waals surface area contributed by atoms with E-state index < -0.39 is 0 Å². The molecule has 1 aromatic carbocycles. The summed E-state index contributed by atoms with van der Waals surface area (Å²) in [4.78, 5) is 0. The van der Waals surface area contributed by atoms with E-state index in [0.717, 1.165) is 17.9 Å². The van der Waals surface area contributed by atoms with Crippen molar-refractivity contribution in [3.05, 3.63) is 34.9 Å². The normalized spacial score (nSPS) is 25.7. The fraction of sp³-hybridized carbons (Fsp3) is 0.500. The SMILES string of the molecule is Cl.NC1CCC(c2ccc(Cl)cc2)CC1. The van der Waals surface area contributed by atoms with Crippen LogP contribution in [0.15, 0.2) is 24.3 Å². The van der Waals surface area contributed by atoms with Crippen LogP contribution in [0.25, 0.3) is 0 Å². The van der Waals surface area contributed by atoms with E-state index in [9.17, 15) is 0 Å². The molecule has 3 heteroatoms. The molecule has 0 bridgehead atoms. The van der Waals surface area contributed by atoms with E-state index in [-0.39, 0.29) is 12.4 Å². The van der Waals surface area contributed by atoms with Gasteiger partial charge in [-0.05, 0) is 49.3 Å². The lowest BCUT2D eigenvalue weighted by molar-refractivity contribution is 0.395. The molecule has 0 unspecified atom stereocenters. The minimum atomic E-state index is 0. The maximum Gasteiger partial charge on any atom is 0.0406 e. The standard InChI is InChI=1S/C12H16ClN.ClH/c13-11-5-1-9(2-6-11)10-3-7-12(14)8-4-10;/h1-2,5-6,10,12H,3-4,7-8,14H2;1H. The van der Waals surface area contributed by atoms with Crippen molar-refractivity contribution in [3.63, 3.8) is 0 Å². The summed E-state index contributed by atoms with van der Waals surface area (Å²) >= 11 is 5.85. The summed E-state index contributed by atoms with van der Waals surface area (Å²) in [6.45, 7) is 0. The smallest absolute Gasteiger partial charge is 0.0406 e. The molecule has 2 N–H and O–H groups in total. The van der Waals surface area contributed by atoms with Crippen LogP contribution < -0.4 is 5.73 Å². The summed E-state index contributed by atoms with van der Waals surface area (Å²) in [5.41, 5.74) is 7.30. The van der Waals surface area contributed by atoms with Gasteiger partial charge in [0.25, 0.3) is 0 Å². The second-order valence-electron chi connectivity index (χ2n) is 4.16. The Morgan fingerprint density at radius 2 is 1.53 bits per heavy atom. The van der Waals surface area contributed by atoms with Crippen molar-refractivity contribution in [2.75, 3.05) is 0 Å². The molecule has 1 aliphatic carbocycles. The quantitative estimate of drug-likeness (QED) is 0.802. The minimum Gasteiger partial charge on any atom is -0.328 e. The van der Waals surface area contributed by atoms with E-state index >= 15 is 0 Å². The Balaban J connectivity index is 0.00000112. The molecular weight excluding hydrogens is 229 g/mol. The van der Waals surface area contributed by atoms with E-state index in [2.05, 4.69) is 12.1 Å². The van der Waals surface area contributed by atoms with Crippen LogP contribution in [-0.4, -0.2) is 6.04 Å². The van der Waals surface area contributed by atoms with Crippen molar-refractivity contribution < 1.29 is 0 Å². The zero-order valence-electron chi connectivity index (χ0n) is 8.66. The Hall–Kier alpha value is -0.240. The first kappa shape index (κ1) is 12.8. The molecule has 0 aliphatic heterocycles. The highest BCUT2D eigenvalue weighted by atomic mass is 35.5. The van der Waals surface area contributed by atoms with Crippen LogP contribution in [0.2, 0.25) is 5.02 Å². The second kappa shape index (κ2) is 5.74. The van der Waals surface area contributed by atoms with Gasteiger partial charge in [-0.1, -0.05) is 23.7 Å². The van der Waals surface area contributed by atoms with Gasteiger partial charge in [-0.2, -0.15) is 0 Å². The van der Waals surface area contributed by atoms with Gasteiger partial charge in [0.15, 0.2) is 0 Å². The number of nitrogens with two attached hydrogens (primary N) is 1. The molecular formula is C12H17Cl2N. The number of benzene rings is 1. The van der Waals surface area contributed by atoms with E-state index in [4.69, 9.17) is 17.3 Å². The molecule has 0 radical (unpaired) electrons. The van der Waals surface area contributed by atoms with Crippen LogP contribution in [0, 0.1) is 0 Å². The van der Waals surface area contributed by atoms with E-state index in [1.54, 1.807) is 0 Å². The van der Waals surface area contributed by atoms with Crippen LogP contribution in [0.5, 0.6) is 0 Å². The van der Waals surface area contributed by atoms with Gasteiger partial charge in [0.2, 0.25) is 0 Å². The van der Waals surface area contributed by atoms with Gasteiger partial charge >= 0.3 is 0 Å². The Morgan fingerprint density at radius 1 is 1.00 bits per heavy atom. The first-order valence-corrected chi connectivity index (χ1v) is 5.64. The van der Waals surface area contributed by atoms with Crippen molar-refractivity contribution >= 4 is 24.0 Å². The number of halogens is 2. The molecule has 1 aromatic rings. The molecule has 1 nitrogen and oxygen atoms in total. The molecule has 15 heavy (non-hydrogen) atoms. The lowest BCUT2D eigenvalue weighted by atomic mass is 9.82. The largest absolute Gasteiger partial charge is 0.328 e. The van der Waals surface area contributed by atoms with E-state index in [0.29, 0.717) is 12.0 Å². The highest BCUT2D eigenvalue weighted by molar-refractivity contribution is 6.30. The monoisotopic (exact) mass is 245 g/mol. The van der Waals surface area contributed by atoms with E-state index in [1.165, 1.54) is 18.4 Å². The Kier molecular flexibility index (Phi) is 4.91. The molecule has 2 rings (SSSR count). The molecule has 0 saturated heterocycles. The summed E-state index contributed by atoms with van der Waals surface area (Å²) in [7, 11) is 0. The predicted molar refractivity (Wildman–Crippen MR) is 67.9 cm³/mol. The fourth-order valence-corrected chi connectivity index (χ4v) is 2.31. The third-order valence-corrected chi connectivity index (χ3v) is 3.37. The van der Waals surface area contributed by atoms with Crippen LogP contribution >= 0.6 is 24.0 Å². The van der Waals surface area contributed by atoms with Crippen molar-refractivity contribution in [3.8, 4) is 0 Å². The molecule has 0 amide bonds. The summed E-state index contributed by atoms with van der Waals surface area (Å²) in [6.07, 6.45) is 4.77. The molecule has 84 valence electrons. The van der Waals surface area contributed by atoms with Gasteiger partial charge in [0.05, 0.1) is 0 Å². The minimum absolute atomic E-state index is 0. The first-order chi connectivity index (χ1) is 6.75. The third-order valence-electron chi connectivity index (χ3n) is 3.11. The Morgan fingerprint density at radius 3 is 2.07 bits per heavy atom. The van der Waals surface area contributed by atoms with Gasteiger partial charge in [-0.25, -0.2) is 0 Å². The Labute approximate surface area is 102 Å². The van der Waals surface area contributed by atoms with Crippen LogP contribution in [-0.2, 0) is 0 Å².